The Balaban J connectivity index is 1.98. The molecular formula is C17H22N6O2. The molecule has 0 radical (unpaired) electrons. The second-order valence-corrected chi connectivity index (χ2v) is 7.07. The first-order chi connectivity index (χ1) is 11.7. The molecule has 25 heavy (non-hydrogen) atoms. The third-order valence-corrected chi connectivity index (χ3v) is 4.11. The predicted octanol–water partition coefficient (Wildman–Crippen LogP) is 1.49. The van der Waals surface area contributed by atoms with E-state index in [-0.39, 0.29) is 5.56 Å². The van der Waals surface area contributed by atoms with Crippen molar-refractivity contribution in [3.05, 3.63) is 50.6 Å². The first-order valence-corrected chi connectivity index (χ1v) is 8.06. The molecular weight excluding hydrogens is 320 g/mol. The van der Waals surface area contributed by atoms with Gasteiger partial charge < -0.3 is 5.32 Å². The molecule has 3 aromatic rings. The second-order valence-electron chi connectivity index (χ2n) is 7.07. The normalized spacial score (nSPS) is 11.9. The molecule has 0 aliphatic rings. The summed E-state index contributed by atoms with van der Waals surface area (Å²) < 4.78 is 3.26. The smallest absolute Gasteiger partial charge is 0.328 e. The van der Waals surface area contributed by atoms with Gasteiger partial charge in [0.25, 0.3) is 5.56 Å². The fraction of sp³-hybridized carbons (Fsp3) is 0.412. The van der Waals surface area contributed by atoms with Crippen LogP contribution in [-0.4, -0.2) is 24.3 Å². The number of hydrogen-bond acceptors (Lipinski definition) is 5. The zero-order valence-electron chi connectivity index (χ0n) is 15.0. The van der Waals surface area contributed by atoms with Crippen LogP contribution in [0.5, 0.6) is 0 Å². The molecule has 0 aliphatic heterocycles. The molecule has 0 atom stereocenters. The minimum atomic E-state index is -0.417. The Kier molecular flexibility index (Phi) is 3.98. The molecule has 0 aromatic carbocycles. The number of aryl methyl sites for hydroxylation is 2. The van der Waals surface area contributed by atoms with Crippen LogP contribution in [0, 0.1) is 6.92 Å². The van der Waals surface area contributed by atoms with Crippen LogP contribution in [-0.2, 0) is 19.1 Å². The van der Waals surface area contributed by atoms with Crippen LogP contribution in [0.2, 0.25) is 0 Å². The van der Waals surface area contributed by atoms with Crippen LogP contribution in [0.25, 0.3) is 11.0 Å². The molecule has 0 bridgehead atoms. The summed E-state index contributed by atoms with van der Waals surface area (Å²) in [5, 5.41) is 8.57. The molecule has 0 unspecified atom stereocenters. The maximum absolute atomic E-state index is 12.1. The maximum Gasteiger partial charge on any atom is 0.328 e. The highest BCUT2D eigenvalue weighted by molar-refractivity contribution is 5.91. The van der Waals surface area contributed by atoms with Gasteiger partial charge in [-0.15, -0.1) is 0 Å². The molecule has 2 N–H and O–H groups in total. The van der Waals surface area contributed by atoms with Gasteiger partial charge in [-0.05, 0) is 33.8 Å². The number of anilines is 1. The van der Waals surface area contributed by atoms with Crippen molar-refractivity contribution in [1.29, 1.82) is 0 Å². The zero-order valence-corrected chi connectivity index (χ0v) is 15.0. The molecule has 0 spiro atoms. The minimum Gasteiger partial charge on any atom is -0.380 e. The van der Waals surface area contributed by atoms with E-state index in [1.807, 2.05) is 40.8 Å². The zero-order chi connectivity index (χ0) is 18.4. The van der Waals surface area contributed by atoms with Gasteiger partial charge in [-0.3, -0.25) is 19.0 Å². The molecule has 0 aliphatic carbocycles. The van der Waals surface area contributed by atoms with Crippen LogP contribution >= 0.6 is 0 Å². The Bertz CT molecular complexity index is 1050. The number of pyridine rings is 1. The standard InChI is InChI=1S/C17H22N6O2/c1-10-13-12(6-7-18-14(13)22(5)21-10)19-8-11-9-23(17(2,3)4)16(25)20-15(11)24/h6-7,9H,8H2,1-5H3,(H,18,19)(H,20,24,25). The van der Waals surface area contributed by atoms with E-state index in [1.165, 1.54) is 4.57 Å². The van der Waals surface area contributed by atoms with Gasteiger partial charge in [0.1, 0.15) is 0 Å². The summed E-state index contributed by atoms with van der Waals surface area (Å²) in [5.74, 6) is 0. The summed E-state index contributed by atoms with van der Waals surface area (Å²) in [4.78, 5) is 30.9. The highest BCUT2D eigenvalue weighted by atomic mass is 16.2. The molecule has 0 saturated heterocycles. The number of hydrogen-bond donors (Lipinski definition) is 2. The number of aromatic nitrogens is 5. The van der Waals surface area contributed by atoms with Gasteiger partial charge in [-0.1, -0.05) is 0 Å². The van der Waals surface area contributed by atoms with E-state index in [0.717, 1.165) is 22.4 Å². The lowest BCUT2D eigenvalue weighted by Crippen LogP contribution is -2.40. The summed E-state index contributed by atoms with van der Waals surface area (Å²) in [7, 11) is 1.84. The number of aromatic amines is 1. The summed E-state index contributed by atoms with van der Waals surface area (Å²) in [6.45, 7) is 7.95. The van der Waals surface area contributed by atoms with Crippen molar-refractivity contribution in [2.24, 2.45) is 7.05 Å². The fourth-order valence-corrected chi connectivity index (χ4v) is 2.85. The quantitative estimate of drug-likeness (QED) is 0.751. The Morgan fingerprint density at radius 3 is 2.68 bits per heavy atom. The van der Waals surface area contributed by atoms with E-state index in [2.05, 4.69) is 20.4 Å². The molecule has 3 heterocycles. The van der Waals surface area contributed by atoms with E-state index < -0.39 is 11.2 Å². The first-order valence-electron chi connectivity index (χ1n) is 8.06. The summed E-state index contributed by atoms with van der Waals surface area (Å²) in [5.41, 5.74) is 1.77. The predicted molar refractivity (Wildman–Crippen MR) is 96.9 cm³/mol. The van der Waals surface area contributed by atoms with Gasteiger partial charge in [0.15, 0.2) is 5.65 Å². The van der Waals surface area contributed by atoms with Crippen molar-refractivity contribution in [2.45, 2.75) is 39.8 Å². The largest absolute Gasteiger partial charge is 0.380 e. The lowest BCUT2D eigenvalue weighted by molar-refractivity contribution is 0.374. The van der Waals surface area contributed by atoms with Crippen LogP contribution in [0.1, 0.15) is 32.0 Å². The van der Waals surface area contributed by atoms with Crippen LogP contribution in [0.15, 0.2) is 28.0 Å². The third kappa shape index (κ3) is 3.07. The highest BCUT2D eigenvalue weighted by Crippen LogP contribution is 2.24. The van der Waals surface area contributed by atoms with Crippen LogP contribution in [0.4, 0.5) is 5.69 Å². The number of nitrogens with one attached hydrogen (secondary N) is 2. The number of fused-ring (bicyclic) bond motifs is 1. The average Bonchev–Trinajstić information content (AvgIpc) is 2.80. The molecule has 3 aromatic heterocycles. The van der Waals surface area contributed by atoms with Crippen molar-refractivity contribution in [1.82, 2.24) is 24.3 Å². The lowest BCUT2D eigenvalue weighted by atomic mass is 10.1. The second kappa shape index (κ2) is 5.87. The fourth-order valence-electron chi connectivity index (χ4n) is 2.85. The Morgan fingerprint density at radius 2 is 2.00 bits per heavy atom. The van der Waals surface area contributed by atoms with Gasteiger partial charge >= 0.3 is 5.69 Å². The van der Waals surface area contributed by atoms with Gasteiger partial charge in [0, 0.05) is 37.2 Å². The average molecular weight is 342 g/mol. The SMILES string of the molecule is Cc1nn(C)c2nccc(NCc3cn(C(C)(C)C)c(=O)[nH]c3=O)c12. The van der Waals surface area contributed by atoms with E-state index in [4.69, 9.17) is 0 Å². The van der Waals surface area contributed by atoms with Gasteiger partial charge in [-0.25, -0.2) is 9.78 Å². The molecule has 132 valence electrons. The van der Waals surface area contributed by atoms with Crippen molar-refractivity contribution in [2.75, 3.05) is 5.32 Å². The van der Waals surface area contributed by atoms with Crippen LogP contribution in [0.3, 0.4) is 0 Å². The van der Waals surface area contributed by atoms with Gasteiger partial charge in [-0.2, -0.15) is 5.10 Å². The number of rotatable bonds is 3. The van der Waals surface area contributed by atoms with E-state index >= 15 is 0 Å². The van der Waals surface area contributed by atoms with E-state index in [0.29, 0.717) is 12.1 Å². The molecule has 8 nitrogen and oxygen atoms in total. The van der Waals surface area contributed by atoms with Crippen molar-refractivity contribution in [3.63, 3.8) is 0 Å². The molecule has 3 rings (SSSR count). The first kappa shape index (κ1) is 16.9. The van der Waals surface area contributed by atoms with E-state index in [9.17, 15) is 9.59 Å². The van der Waals surface area contributed by atoms with Crippen molar-refractivity contribution in [3.8, 4) is 0 Å². The summed E-state index contributed by atoms with van der Waals surface area (Å²) in [6.07, 6.45) is 3.31. The third-order valence-electron chi connectivity index (χ3n) is 4.11. The summed E-state index contributed by atoms with van der Waals surface area (Å²) in [6, 6.07) is 1.85. The highest BCUT2D eigenvalue weighted by Gasteiger charge is 2.17. The number of H-pyrrole nitrogens is 1. The monoisotopic (exact) mass is 342 g/mol. The van der Waals surface area contributed by atoms with Gasteiger partial charge in [0.2, 0.25) is 0 Å². The summed E-state index contributed by atoms with van der Waals surface area (Å²) >= 11 is 0. The molecule has 0 saturated carbocycles. The Morgan fingerprint density at radius 1 is 1.28 bits per heavy atom. The van der Waals surface area contributed by atoms with E-state index in [1.54, 1.807) is 17.1 Å². The maximum atomic E-state index is 12.1. The molecule has 8 heteroatoms. The minimum absolute atomic E-state index is 0.291. The molecule has 0 amide bonds. The van der Waals surface area contributed by atoms with Gasteiger partial charge in [0.05, 0.1) is 16.6 Å². The number of nitrogens with zero attached hydrogens (tertiary/aromatic N) is 4. The molecule has 0 fully saturated rings. The Hall–Kier alpha value is -2.90. The van der Waals surface area contributed by atoms with Crippen molar-refractivity contribution >= 4 is 16.7 Å². The lowest BCUT2D eigenvalue weighted by Gasteiger charge is -2.22. The Labute approximate surface area is 144 Å². The van der Waals surface area contributed by atoms with Crippen LogP contribution < -0.4 is 16.6 Å². The topological polar surface area (TPSA) is 97.6 Å². The van der Waals surface area contributed by atoms with Crippen molar-refractivity contribution < 1.29 is 0 Å².